The van der Waals surface area contributed by atoms with Crippen molar-refractivity contribution < 1.29 is 19.8 Å². The van der Waals surface area contributed by atoms with E-state index in [1.807, 2.05) is 12.1 Å². The molecule has 0 fully saturated rings. The number of aromatic nitrogens is 1. The molecule has 1 aromatic heterocycles. The van der Waals surface area contributed by atoms with E-state index >= 15 is 0 Å². The summed E-state index contributed by atoms with van der Waals surface area (Å²) in [7, 11) is 1.74. The summed E-state index contributed by atoms with van der Waals surface area (Å²) in [6.07, 6.45) is 0. The highest BCUT2D eigenvalue weighted by atomic mass is 16.4. The molecule has 0 saturated carbocycles. The first-order valence-electron chi connectivity index (χ1n) is 6.44. The van der Waals surface area contributed by atoms with Crippen LogP contribution < -0.4 is 5.43 Å². The van der Waals surface area contributed by atoms with Gasteiger partial charge in [0, 0.05) is 28.9 Å². The van der Waals surface area contributed by atoms with Gasteiger partial charge in [-0.2, -0.15) is 0 Å². The zero-order valence-corrected chi connectivity index (χ0v) is 11.5. The number of aryl methyl sites for hydroxylation is 1. The SMILES string of the molecule is Cn1c2ccccc2c2cc(C(=O)O)c(=O)c(C(=O)O)cc21. The Bertz CT molecular complexity index is 1020. The van der Waals surface area contributed by atoms with Gasteiger partial charge in [-0.15, -0.1) is 0 Å². The number of carboxylic acid groups (broad SMARTS) is 2. The normalized spacial score (nSPS) is 11.0. The molecule has 0 amide bonds. The molecule has 2 N–H and O–H groups in total. The number of hydrogen-bond acceptors (Lipinski definition) is 3. The van der Waals surface area contributed by atoms with Gasteiger partial charge in [0.05, 0.1) is 0 Å². The van der Waals surface area contributed by atoms with Crippen LogP contribution in [0.1, 0.15) is 20.7 Å². The van der Waals surface area contributed by atoms with Gasteiger partial charge in [-0.05, 0) is 18.2 Å². The van der Waals surface area contributed by atoms with Crippen molar-refractivity contribution in [1.29, 1.82) is 0 Å². The smallest absolute Gasteiger partial charge is 0.339 e. The van der Waals surface area contributed by atoms with E-state index < -0.39 is 28.5 Å². The van der Waals surface area contributed by atoms with Crippen LogP contribution in [-0.4, -0.2) is 26.7 Å². The monoisotopic (exact) mass is 297 g/mol. The Kier molecular flexibility index (Phi) is 2.95. The van der Waals surface area contributed by atoms with Crippen molar-refractivity contribution in [2.45, 2.75) is 0 Å². The molecule has 2 aromatic carbocycles. The Morgan fingerprint density at radius 3 is 2.14 bits per heavy atom. The highest BCUT2D eigenvalue weighted by Crippen LogP contribution is 2.27. The van der Waals surface area contributed by atoms with E-state index in [1.54, 1.807) is 23.7 Å². The first-order chi connectivity index (χ1) is 10.4. The van der Waals surface area contributed by atoms with Gasteiger partial charge in [0.2, 0.25) is 5.43 Å². The summed E-state index contributed by atoms with van der Waals surface area (Å²) in [6.45, 7) is 0. The van der Waals surface area contributed by atoms with E-state index in [-0.39, 0.29) is 0 Å². The predicted octanol–water partition coefficient (Wildman–Crippen LogP) is 2.09. The third-order valence-electron chi connectivity index (χ3n) is 3.71. The van der Waals surface area contributed by atoms with E-state index in [1.165, 1.54) is 12.1 Å². The van der Waals surface area contributed by atoms with Crippen LogP contribution in [-0.2, 0) is 7.05 Å². The van der Waals surface area contributed by atoms with Gasteiger partial charge in [0.25, 0.3) is 0 Å². The maximum Gasteiger partial charge on any atom is 0.339 e. The number of aromatic carboxylic acids is 2. The highest BCUT2D eigenvalue weighted by molar-refractivity contribution is 6.10. The van der Waals surface area contributed by atoms with Gasteiger partial charge in [0.1, 0.15) is 11.1 Å². The molecule has 0 atom stereocenters. The van der Waals surface area contributed by atoms with Crippen molar-refractivity contribution in [3.05, 3.63) is 57.7 Å². The number of nitrogens with zero attached hydrogens (tertiary/aromatic N) is 1. The molecule has 110 valence electrons. The molecule has 0 spiro atoms. The summed E-state index contributed by atoms with van der Waals surface area (Å²) < 4.78 is 1.74. The minimum atomic E-state index is -1.45. The first kappa shape index (κ1) is 13.8. The van der Waals surface area contributed by atoms with Crippen LogP contribution in [0.3, 0.4) is 0 Å². The average Bonchev–Trinajstić information content (AvgIpc) is 2.63. The average molecular weight is 297 g/mol. The number of carbonyl (C=O) groups is 2. The Hall–Kier alpha value is -3.15. The van der Waals surface area contributed by atoms with Crippen molar-refractivity contribution in [3.63, 3.8) is 0 Å². The molecular weight excluding hydrogens is 286 g/mol. The Morgan fingerprint density at radius 2 is 1.50 bits per heavy atom. The van der Waals surface area contributed by atoms with Crippen molar-refractivity contribution in [1.82, 2.24) is 4.57 Å². The number of benzene rings is 1. The fourth-order valence-electron chi connectivity index (χ4n) is 2.64. The summed E-state index contributed by atoms with van der Waals surface area (Å²) >= 11 is 0. The molecule has 6 heteroatoms. The molecule has 0 aliphatic heterocycles. The van der Waals surface area contributed by atoms with Crippen LogP contribution in [0, 0.1) is 0 Å². The lowest BCUT2D eigenvalue weighted by molar-refractivity contribution is 0.0695. The fourth-order valence-corrected chi connectivity index (χ4v) is 2.64. The minimum absolute atomic E-state index is 0.489. The quantitative estimate of drug-likeness (QED) is 0.755. The van der Waals surface area contributed by atoms with Crippen molar-refractivity contribution in [2.24, 2.45) is 7.05 Å². The summed E-state index contributed by atoms with van der Waals surface area (Å²) in [6, 6.07) is 9.74. The van der Waals surface area contributed by atoms with Crippen molar-refractivity contribution in [3.8, 4) is 0 Å². The molecule has 3 aromatic rings. The van der Waals surface area contributed by atoms with Gasteiger partial charge in [-0.3, -0.25) is 4.79 Å². The topological polar surface area (TPSA) is 96.6 Å². The van der Waals surface area contributed by atoms with E-state index in [2.05, 4.69) is 0 Å². The Morgan fingerprint density at radius 1 is 0.909 bits per heavy atom. The fraction of sp³-hybridized carbons (Fsp3) is 0.0625. The zero-order chi connectivity index (χ0) is 16.0. The van der Waals surface area contributed by atoms with Crippen LogP contribution in [0.4, 0.5) is 0 Å². The zero-order valence-electron chi connectivity index (χ0n) is 11.5. The van der Waals surface area contributed by atoms with Gasteiger partial charge < -0.3 is 14.8 Å². The minimum Gasteiger partial charge on any atom is -0.478 e. The summed E-state index contributed by atoms with van der Waals surface area (Å²) in [4.78, 5) is 34.8. The molecule has 3 rings (SSSR count). The second kappa shape index (κ2) is 4.70. The molecule has 6 nitrogen and oxygen atoms in total. The van der Waals surface area contributed by atoms with Crippen molar-refractivity contribution in [2.75, 3.05) is 0 Å². The molecule has 0 bridgehead atoms. The van der Waals surface area contributed by atoms with Gasteiger partial charge >= 0.3 is 11.9 Å². The predicted molar refractivity (Wildman–Crippen MR) is 80.6 cm³/mol. The largest absolute Gasteiger partial charge is 0.478 e. The molecule has 0 unspecified atom stereocenters. The number of para-hydroxylation sites is 1. The van der Waals surface area contributed by atoms with E-state index in [0.29, 0.717) is 10.9 Å². The summed E-state index contributed by atoms with van der Waals surface area (Å²) in [5.74, 6) is -2.90. The maximum atomic E-state index is 12.1. The maximum absolute atomic E-state index is 12.1. The molecule has 0 aliphatic carbocycles. The van der Waals surface area contributed by atoms with E-state index in [9.17, 15) is 24.6 Å². The van der Waals surface area contributed by atoms with Crippen LogP contribution in [0.5, 0.6) is 0 Å². The van der Waals surface area contributed by atoms with E-state index in [4.69, 9.17) is 0 Å². The van der Waals surface area contributed by atoms with Gasteiger partial charge in [0.15, 0.2) is 0 Å². The third kappa shape index (κ3) is 1.85. The first-order valence-corrected chi connectivity index (χ1v) is 6.44. The van der Waals surface area contributed by atoms with Gasteiger partial charge in [-0.25, -0.2) is 9.59 Å². The van der Waals surface area contributed by atoms with Crippen LogP contribution in [0.2, 0.25) is 0 Å². The lowest BCUT2D eigenvalue weighted by Gasteiger charge is -1.96. The van der Waals surface area contributed by atoms with Crippen LogP contribution >= 0.6 is 0 Å². The van der Waals surface area contributed by atoms with E-state index in [0.717, 1.165) is 10.9 Å². The molecule has 22 heavy (non-hydrogen) atoms. The third-order valence-corrected chi connectivity index (χ3v) is 3.71. The lowest BCUT2D eigenvalue weighted by Crippen LogP contribution is -2.19. The molecule has 0 saturated heterocycles. The Labute approximate surface area is 123 Å². The summed E-state index contributed by atoms with van der Waals surface area (Å²) in [5, 5.41) is 19.7. The van der Waals surface area contributed by atoms with Crippen molar-refractivity contribution >= 4 is 33.7 Å². The Balaban J connectivity index is 2.67. The highest BCUT2D eigenvalue weighted by Gasteiger charge is 2.19. The number of carboxylic acids is 2. The number of fused-ring (bicyclic) bond motifs is 3. The van der Waals surface area contributed by atoms with Crippen LogP contribution in [0.25, 0.3) is 21.8 Å². The standard InChI is InChI=1S/C16H11NO5/c1-17-12-5-3-2-4-8(12)9-6-10(15(19)20)14(18)11(16(21)22)7-13(9)17/h2-7H,1H3,(H,19,20)(H,21,22). The van der Waals surface area contributed by atoms with Gasteiger partial charge in [-0.1, -0.05) is 18.2 Å². The number of rotatable bonds is 2. The molecule has 0 aliphatic rings. The second-order valence-corrected chi connectivity index (χ2v) is 4.93. The lowest BCUT2D eigenvalue weighted by atomic mass is 10.1. The molecule has 0 radical (unpaired) electrons. The molecule has 1 heterocycles. The molecular formula is C16H11NO5. The van der Waals surface area contributed by atoms with Crippen LogP contribution in [0.15, 0.2) is 41.2 Å². The summed E-state index contributed by atoms with van der Waals surface area (Å²) in [5.41, 5.74) is -0.797. The second-order valence-electron chi connectivity index (χ2n) is 4.93. The number of hydrogen-bond donors (Lipinski definition) is 2.